The van der Waals surface area contributed by atoms with E-state index in [2.05, 4.69) is 23.8 Å². The highest BCUT2D eigenvalue weighted by Crippen LogP contribution is 2.40. The molecule has 0 aromatic carbocycles. The second-order valence-corrected chi connectivity index (χ2v) is 7.28. The smallest absolute Gasteiger partial charge is 0.163 e. The van der Waals surface area contributed by atoms with Crippen molar-refractivity contribution in [3.8, 4) is 0 Å². The van der Waals surface area contributed by atoms with Gasteiger partial charge in [-0.05, 0) is 59.3 Å². The van der Waals surface area contributed by atoms with E-state index in [1.54, 1.807) is 0 Å². The lowest BCUT2D eigenvalue weighted by Crippen LogP contribution is -2.14. The Hall–Kier alpha value is -1.75. The van der Waals surface area contributed by atoms with E-state index in [1.165, 1.54) is 12.8 Å². The summed E-state index contributed by atoms with van der Waals surface area (Å²) in [5.74, 6) is 0.748. The topological polar surface area (TPSA) is 51.0 Å². The molecule has 0 amide bonds. The summed E-state index contributed by atoms with van der Waals surface area (Å²) in [5, 5.41) is 5.44. The number of hydrogen-bond acceptors (Lipinski definition) is 4. The number of pyridine rings is 1. The van der Waals surface area contributed by atoms with Gasteiger partial charge in [-0.2, -0.15) is 5.10 Å². The SMILES string of the molecule is CCC(C)n1ncc2c(C(=O)CCCN(C)C)cc(C3CC3)nc21. The second-order valence-electron chi connectivity index (χ2n) is 7.28. The van der Waals surface area contributed by atoms with E-state index in [0.717, 1.165) is 41.7 Å². The van der Waals surface area contributed by atoms with Crippen LogP contribution in [0.15, 0.2) is 12.3 Å². The molecule has 1 aliphatic rings. The zero-order valence-electron chi connectivity index (χ0n) is 15.2. The van der Waals surface area contributed by atoms with Crippen molar-refractivity contribution in [2.45, 2.75) is 57.9 Å². The number of carbonyl (C=O) groups is 1. The van der Waals surface area contributed by atoms with E-state index in [4.69, 9.17) is 4.98 Å². The van der Waals surface area contributed by atoms with Crippen molar-refractivity contribution in [3.63, 3.8) is 0 Å². The molecule has 1 unspecified atom stereocenters. The lowest BCUT2D eigenvalue weighted by Gasteiger charge is -2.12. The summed E-state index contributed by atoms with van der Waals surface area (Å²) in [4.78, 5) is 19.8. The van der Waals surface area contributed by atoms with Gasteiger partial charge in [0.05, 0.1) is 12.2 Å². The van der Waals surface area contributed by atoms with Crippen LogP contribution in [0.2, 0.25) is 0 Å². The van der Waals surface area contributed by atoms with Gasteiger partial charge in [0.15, 0.2) is 11.4 Å². The van der Waals surface area contributed by atoms with Crippen molar-refractivity contribution in [1.29, 1.82) is 0 Å². The Morgan fingerprint density at radius 2 is 2.17 bits per heavy atom. The summed E-state index contributed by atoms with van der Waals surface area (Å²) < 4.78 is 1.98. The number of ketones is 1. The molecule has 0 aliphatic heterocycles. The average Bonchev–Trinajstić information content (AvgIpc) is 3.32. The van der Waals surface area contributed by atoms with Gasteiger partial charge in [0, 0.05) is 29.0 Å². The minimum Gasteiger partial charge on any atom is -0.309 e. The summed E-state index contributed by atoms with van der Waals surface area (Å²) in [7, 11) is 4.08. The summed E-state index contributed by atoms with van der Waals surface area (Å²) in [5.41, 5.74) is 2.77. The highest BCUT2D eigenvalue weighted by Gasteiger charge is 2.28. The molecule has 0 N–H and O–H groups in total. The van der Waals surface area contributed by atoms with Crippen LogP contribution in [0.4, 0.5) is 0 Å². The Balaban J connectivity index is 1.96. The Bertz CT molecular complexity index is 730. The Kier molecular flexibility index (Phi) is 4.99. The number of fused-ring (bicyclic) bond motifs is 1. The molecular weight excluding hydrogens is 300 g/mol. The molecule has 2 aromatic heterocycles. The monoisotopic (exact) mass is 328 g/mol. The number of Topliss-reactive ketones (excluding diaryl/α,β-unsaturated/α-hetero) is 1. The number of rotatable bonds is 8. The van der Waals surface area contributed by atoms with Crippen molar-refractivity contribution in [3.05, 3.63) is 23.5 Å². The van der Waals surface area contributed by atoms with Gasteiger partial charge in [-0.3, -0.25) is 4.79 Å². The fourth-order valence-corrected chi connectivity index (χ4v) is 3.04. The molecule has 24 heavy (non-hydrogen) atoms. The highest BCUT2D eigenvalue weighted by molar-refractivity contribution is 6.06. The predicted octanol–water partition coefficient (Wildman–Crippen LogP) is 3.80. The third-order valence-corrected chi connectivity index (χ3v) is 4.90. The number of carbonyl (C=O) groups excluding carboxylic acids is 1. The lowest BCUT2D eigenvalue weighted by molar-refractivity contribution is 0.0978. The van der Waals surface area contributed by atoms with E-state index < -0.39 is 0 Å². The number of hydrogen-bond donors (Lipinski definition) is 0. The Morgan fingerprint density at radius 3 is 2.79 bits per heavy atom. The maximum atomic E-state index is 12.8. The first-order valence-electron chi connectivity index (χ1n) is 9.07. The average molecular weight is 328 g/mol. The van der Waals surface area contributed by atoms with Crippen LogP contribution in [0.1, 0.15) is 74.0 Å². The quantitative estimate of drug-likeness (QED) is 0.692. The van der Waals surface area contributed by atoms with Crippen LogP contribution in [0.3, 0.4) is 0 Å². The van der Waals surface area contributed by atoms with Crippen LogP contribution in [0, 0.1) is 0 Å². The van der Waals surface area contributed by atoms with Gasteiger partial charge in [-0.1, -0.05) is 6.92 Å². The molecule has 1 aliphatic carbocycles. The lowest BCUT2D eigenvalue weighted by atomic mass is 10.0. The molecule has 3 rings (SSSR count). The van der Waals surface area contributed by atoms with Gasteiger partial charge in [-0.25, -0.2) is 9.67 Å². The molecule has 2 aromatic rings. The van der Waals surface area contributed by atoms with Crippen LogP contribution in [-0.2, 0) is 0 Å². The highest BCUT2D eigenvalue weighted by atomic mass is 16.1. The minimum atomic E-state index is 0.217. The van der Waals surface area contributed by atoms with Crippen molar-refractivity contribution in [2.24, 2.45) is 0 Å². The Morgan fingerprint density at radius 1 is 1.42 bits per heavy atom. The molecule has 1 atom stereocenters. The molecule has 0 bridgehead atoms. The van der Waals surface area contributed by atoms with Gasteiger partial charge in [0.1, 0.15) is 0 Å². The molecule has 1 fully saturated rings. The minimum absolute atomic E-state index is 0.217. The summed E-state index contributed by atoms with van der Waals surface area (Å²) >= 11 is 0. The van der Waals surface area contributed by atoms with E-state index >= 15 is 0 Å². The van der Waals surface area contributed by atoms with E-state index in [9.17, 15) is 4.79 Å². The van der Waals surface area contributed by atoms with Crippen LogP contribution in [0.5, 0.6) is 0 Å². The second kappa shape index (κ2) is 7.01. The number of nitrogens with zero attached hydrogens (tertiary/aromatic N) is 4. The first kappa shape index (κ1) is 17.1. The molecule has 5 heteroatoms. The standard InChI is InChI=1S/C19H28N4O/c1-5-13(2)23-19-16(12-20-23)15(11-17(21-19)14-8-9-14)18(24)7-6-10-22(3)4/h11-14H,5-10H2,1-4H3. The van der Waals surface area contributed by atoms with Gasteiger partial charge < -0.3 is 4.90 Å². The van der Waals surface area contributed by atoms with Crippen molar-refractivity contribution in [2.75, 3.05) is 20.6 Å². The first-order chi connectivity index (χ1) is 11.5. The van der Waals surface area contributed by atoms with Crippen molar-refractivity contribution >= 4 is 16.8 Å². The van der Waals surface area contributed by atoms with Crippen molar-refractivity contribution in [1.82, 2.24) is 19.7 Å². The van der Waals surface area contributed by atoms with Gasteiger partial charge in [0.25, 0.3) is 0 Å². The maximum absolute atomic E-state index is 12.8. The fourth-order valence-electron chi connectivity index (χ4n) is 3.04. The van der Waals surface area contributed by atoms with Crippen LogP contribution in [-0.4, -0.2) is 46.1 Å². The molecular formula is C19H28N4O. The molecule has 0 radical (unpaired) electrons. The van der Waals surface area contributed by atoms with Crippen LogP contribution >= 0.6 is 0 Å². The third-order valence-electron chi connectivity index (χ3n) is 4.90. The molecule has 2 heterocycles. The summed E-state index contributed by atoms with van der Waals surface area (Å²) in [6.45, 7) is 5.23. The largest absolute Gasteiger partial charge is 0.309 e. The fraction of sp³-hybridized carbons (Fsp3) is 0.632. The molecule has 5 nitrogen and oxygen atoms in total. The first-order valence-corrected chi connectivity index (χ1v) is 9.07. The third kappa shape index (κ3) is 3.51. The van der Waals surface area contributed by atoms with E-state index in [1.807, 2.05) is 31.0 Å². The molecule has 130 valence electrons. The van der Waals surface area contributed by atoms with Gasteiger partial charge in [-0.15, -0.1) is 0 Å². The zero-order chi connectivity index (χ0) is 17.3. The summed E-state index contributed by atoms with van der Waals surface area (Å²) in [6.07, 6.45) is 6.65. The zero-order valence-corrected chi connectivity index (χ0v) is 15.2. The van der Waals surface area contributed by atoms with Crippen molar-refractivity contribution < 1.29 is 4.79 Å². The number of aromatic nitrogens is 3. The Labute approximate surface area is 144 Å². The van der Waals surface area contributed by atoms with Crippen LogP contribution in [0.25, 0.3) is 11.0 Å². The van der Waals surface area contributed by atoms with Gasteiger partial charge >= 0.3 is 0 Å². The maximum Gasteiger partial charge on any atom is 0.163 e. The predicted molar refractivity (Wildman–Crippen MR) is 96.6 cm³/mol. The molecule has 0 saturated heterocycles. The van der Waals surface area contributed by atoms with E-state index in [0.29, 0.717) is 18.4 Å². The van der Waals surface area contributed by atoms with Crippen LogP contribution < -0.4 is 0 Å². The summed E-state index contributed by atoms with van der Waals surface area (Å²) in [6, 6.07) is 2.32. The normalized spacial score (nSPS) is 16.0. The van der Waals surface area contributed by atoms with Gasteiger partial charge in [0.2, 0.25) is 0 Å². The molecule has 0 spiro atoms. The molecule has 1 saturated carbocycles. The van der Waals surface area contributed by atoms with E-state index in [-0.39, 0.29) is 5.78 Å².